The molecule has 100 valence electrons. The average Bonchev–Trinajstić information content (AvgIpc) is 2.27. The van der Waals surface area contributed by atoms with Crippen LogP contribution in [0.15, 0.2) is 0 Å². The molecular formula is C11H23N3O3. The monoisotopic (exact) mass is 245 g/mol. The maximum Gasteiger partial charge on any atom is 0.325 e. The van der Waals surface area contributed by atoms with Crippen LogP contribution in [0.3, 0.4) is 0 Å². The van der Waals surface area contributed by atoms with Gasteiger partial charge in [0.15, 0.2) is 0 Å². The summed E-state index contributed by atoms with van der Waals surface area (Å²) in [5, 5.41) is 13.6. The van der Waals surface area contributed by atoms with Gasteiger partial charge in [-0.1, -0.05) is 13.8 Å². The number of hydrogen-bond acceptors (Lipinski definition) is 3. The lowest BCUT2D eigenvalue weighted by Crippen LogP contribution is -2.46. The van der Waals surface area contributed by atoms with Gasteiger partial charge >= 0.3 is 12.0 Å². The first-order valence-corrected chi connectivity index (χ1v) is 6.00. The fourth-order valence-electron chi connectivity index (χ4n) is 1.38. The molecule has 0 aromatic heterocycles. The molecule has 17 heavy (non-hydrogen) atoms. The molecule has 0 radical (unpaired) electrons. The number of carbonyl (C=O) groups excluding carboxylic acids is 1. The van der Waals surface area contributed by atoms with E-state index in [1.165, 1.54) is 6.92 Å². The molecule has 0 saturated carbocycles. The third-order valence-corrected chi connectivity index (χ3v) is 2.42. The molecule has 0 fully saturated rings. The number of nitrogens with zero attached hydrogens (tertiary/aromatic N) is 1. The number of hydrogen-bond donors (Lipinski definition) is 3. The van der Waals surface area contributed by atoms with Crippen LogP contribution in [0.5, 0.6) is 0 Å². The summed E-state index contributed by atoms with van der Waals surface area (Å²) in [7, 11) is 0. The third-order valence-electron chi connectivity index (χ3n) is 2.42. The predicted molar refractivity (Wildman–Crippen MR) is 66.0 cm³/mol. The molecule has 0 spiro atoms. The fraction of sp³-hybridized carbons (Fsp3) is 0.818. The van der Waals surface area contributed by atoms with Crippen molar-refractivity contribution < 1.29 is 14.7 Å². The van der Waals surface area contributed by atoms with E-state index in [0.29, 0.717) is 6.54 Å². The second kappa shape index (κ2) is 8.81. The second-order valence-electron chi connectivity index (χ2n) is 3.89. The van der Waals surface area contributed by atoms with Gasteiger partial charge in [-0.15, -0.1) is 0 Å². The summed E-state index contributed by atoms with van der Waals surface area (Å²) in [4.78, 5) is 24.0. The molecule has 0 unspecified atom stereocenters. The van der Waals surface area contributed by atoms with Crippen LogP contribution in [0, 0.1) is 0 Å². The van der Waals surface area contributed by atoms with E-state index in [1.807, 2.05) is 0 Å². The van der Waals surface area contributed by atoms with Gasteiger partial charge in [-0.05, 0) is 26.4 Å². The highest BCUT2D eigenvalue weighted by atomic mass is 16.4. The molecule has 1 atom stereocenters. The Morgan fingerprint density at radius 2 is 1.94 bits per heavy atom. The van der Waals surface area contributed by atoms with E-state index < -0.39 is 18.0 Å². The molecule has 0 aliphatic heterocycles. The number of amides is 2. The van der Waals surface area contributed by atoms with Crippen LogP contribution >= 0.6 is 0 Å². The van der Waals surface area contributed by atoms with Crippen molar-refractivity contribution in [2.75, 3.05) is 26.2 Å². The zero-order chi connectivity index (χ0) is 13.3. The molecule has 0 aliphatic carbocycles. The first kappa shape index (κ1) is 15.7. The quantitative estimate of drug-likeness (QED) is 0.581. The van der Waals surface area contributed by atoms with Gasteiger partial charge < -0.3 is 20.6 Å². The predicted octanol–water partition coefficient (Wildman–Crippen LogP) is 0.491. The highest BCUT2D eigenvalue weighted by Gasteiger charge is 2.13. The van der Waals surface area contributed by atoms with E-state index in [-0.39, 0.29) is 0 Å². The minimum atomic E-state index is -1.04. The summed E-state index contributed by atoms with van der Waals surface area (Å²) in [6.45, 7) is 8.86. The highest BCUT2D eigenvalue weighted by Crippen LogP contribution is 1.89. The average molecular weight is 245 g/mol. The summed E-state index contributed by atoms with van der Waals surface area (Å²) in [5.74, 6) is -1.04. The van der Waals surface area contributed by atoms with E-state index in [0.717, 1.165) is 26.1 Å². The molecule has 0 heterocycles. The Kier molecular flexibility index (Phi) is 8.13. The molecule has 0 aliphatic rings. The molecule has 2 amide bonds. The third kappa shape index (κ3) is 7.57. The van der Waals surface area contributed by atoms with E-state index in [9.17, 15) is 9.59 Å². The Labute approximate surface area is 102 Å². The van der Waals surface area contributed by atoms with Crippen LogP contribution in [0.4, 0.5) is 4.79 Å². The summed E-state index contributed by atoms with van der Waals surface area (Å²) in [6, 6.07) is -1.31. The maximum atomic E-state index is 11.3. The Morgan fingerprint density at radius 3 is 2.41 bits per heavy atom. The minimum Gasteiger partial charge on any atom is -0.480 e. The summed E-state index contributed by atoms with van der Waals surface area (Å²) in [6.07, 6.45) is 1.08. The van der Waals surface area contributed by atoms with Crippen LogP contribution in [0.25, 0.3) is 0 Å². The van der Waals surface area contributed by atoms with Gasteiger partial charge in [-0.25, -0.2) is 4.79 Å². The van der Waals surface area contributed by atoms with Crippen LogP contribution in [0.1, 0.15) is 27.2 Å². The number of urea groups is 1. The van der Waals surface area contributed by atoms with Gasteiger partial charge in [0.05, 0.1) is 0 Å². The van der Waals surface area contributed by atoms with Gasteiger partial charge in [0.1, 0.15) is 6.04 Å². The molecule has 0 aromatic rings. The molecule has 0 bridgehead atoms. The second-order valence-corrected chi connectivity index (χ2v) is 3.89. The molecule has 3 N–H and O–H groups in total. The van der Waals surface area contributed by atoms with E-state index in [2.05, 4.69) is 29.4 Å². The Morgan fingerprint density at radius 1 is 1.29 bits per heavy atom. The molecular weight excluding hydrogens is 222 g/mol. The molecule has 0 rings (SSSR count). The molecule has 6 nitrogen and oxygen atoms in total. The van der Waals surface area contributed by atoms with E-state index >= 15 is 0 Å². The van der Waals surface area contributed by atoms with E-state index in [4.69, 9.17) is 5.11 Å². The van der Waals surface area contributed by atoms with Crippen LogP contribution in [-0.4, -0.2) is 54.2 Å². The lowest BCUT2D eigenvalue weighted by molar-refractivity contribution is -0.138. The lowest BCUT2D eigenvalue weighted by atomic mass is 10.3. The number of carboxylic acid groups (broad SMARTS) is 1. The summed E-state index contributed by atoms with van der Waals surface area (Å²) >= 11 is 0. The zero-order valence-corrected chi connectivity index (χ0v) is 10.8. The van der Waals surface area contributed by atoms with Crippen molar-refractivity contribution in [3.05, 3.63) is 0 Å². The van der Waals surface area contributed by atoms with Crippen molar-refractivity contribution in [3.63, 3.8) is 0 Å². The van der Waals surface area contributed by atoms with Gasteiger partial charge in [0.2, 0.25) is 0 Å². The number of nitrogens with one attached hydrogen (secondary N) is 2. The normalized spacial score (nSPS) is 12.2. The van der Waals surface area contributed by atoms with E-state index in [1.54, 1.807) is 0 Å². The SMILES string of the molecule is CCCN(CC)CCNC(=O)N[C@H](C)C(=O)O. The van der Waals surface area contributed by atoms with Crippen LogP contribution in [0.2, 0.25) is 0 Å². The topological polar surface area (TPSA) is 81.7 Å². The van der Waals surface area contributed by atoms with Crippen molar-refractivity contribution in [1.82, 2.24) is 15.5 Å². The zero-order valence-electron chi connectivity index (χ0n) is 10.8. The van der Waals surface area contributed by atoms with Gasteiger partial charge in [0.25, 0.3) is 0 Å². The van der Waals surface area contributed by atoms with Gasteiger partial charge in [-0.3, -0.25) is 4.79 Å². The molecule has 0 aromatic carbocycles. The van der Waals surface area contributed by atoms with Crippen molar-refractivity contribution in [2.24, 2.45) is 0 Å². The van der Waals surface area contributed by atoms with Crippen molar-refractivity contribution in [3.8, 4) is 0 Å². The van der Waals surface area contributed by atoms with Gasteiger partial charge in [0, 0.05) is 13.1 Å². The maximum absolute atomic E-state index is 11.3. The smallest absolute Gasteiger partial charge is 0.325 e. The Balaban J connectivity index is 3.73. The number of carboxylic acids is 1. The first-order chi connectivity index (χ1) is 8.01. The Bertz CT molecular complexity index is 246. The largest absolute Gasteiger partial charge is 0.480 e. The summed E-state index contributed by atoms with van der Waals surface area (Å²) < 4.78 is 0. The number of carbonyl (C=O) groups is 2. The van der Waals surface area contributed by atoms with Crippen LogP contribution < -0.4 is 10.6 Å². The highest BCUT2D eigenvalue weighted by molar-refractivity contribution is 5.82. The van der Waals surface area contributed by atoms with Crippen molar-refractivity contribution >= 4 is 12.0 Å². The fourth-order valence-corrected chi connectivity index (χ4v) is 1.38. The lowest BCUT2D eigenvalue weighted by Gasteiger charge is -2.19. The summed E-state index contributed by atoms with van der Waals surface area (Å²) in [5.41, 5.74) is 0. The van der Waals surface area contributed by atoms with Crippen LogP contribution in [-0.2, 0) is 4.79 Å². The first-order valence-electron chi connectivity index (χ1n) is 6.00. The van der Waals surface area contributed by atoms with Crippen molar-refractivity contribution in [2.45, 2.75) is 33.2 Å². The minimum absolute atomic E-state index is 0.438. The molecule has 6 heteroatoms. The Hall–Kier alpha value is -1.30. The van der Waals surface area contributed by atoms with Gasteiger partial charge in [-0.2, -0.15) is 0 Å². The van der Waals surface area contributed by atoms with Crippen molar-refractivity contribution in [1.29, 1.82) is 0 Å². The molecule has 0 saturated heterocycles. The number of rotatable bonds is 8. The standard InChI is InChI=1S/C11H23N3O3/c1-4-7-14(5-2)8-6-12-11(17)13-9(3)10(15)16/h9H,4-8H2,1-3H3,(H,15,16)(H2,12,13,17)/t9-/m1/s1. The number of likely N-dealkylation sites (N-methyl/N-ethyl adjacent to an activating group) is 1. The number of aliphatic carboxylic acids is 1.